The Morgan fingerprint density at radius 3 is 2.77 bits per heavy atom. The molecule has 0 fully saturated rings. The molecule has 0 spiro atoms. The van der Waals surface area contributed by atoms with Gasteiger partial charge in [0.05, 0.1) is 5.75 Å². The SMILES string of the molecule is CCCC(C)NC(=O)CSc1nnc(-c2ccc(F)cc2)o1. The van der Waals surface area contributed by atoms with Gasteiger partial charge in [0.2, 0.25) is 11.8 Å². The maximum atomic E-state index is 12.9. The van der Waals surface area contributed by atoms with Crippen LogP contribution < -0.4 is 5.32 Å². The second kappa shape index (κ2) is 7.93. The first-order valence-corrected chi connectivity index (χ1v) is 8.08. The lowest BCUT2D eigenvalue weighted by atomic mass is 10.2. The fourth-order valence-corrected chi connectivity index (χ4v) is 2.50. The molecular weight excluding hydrogens is 305 g/mol. The molecule has 118 valence electrons. The maximum absolute atomic E-state index is 12.9. The van der Waals surface area contributed by atoms with Crippen LogP contribution in [0.1, 0.15) is 26.7 Å². The van der Waals surface area contributed by atoms with Crippen molar-refractivity contribution in [2.24, 2.45) is 0 Å². The predicted octanol–water partition coefficient (Wildman–Crippen LogP) is 3.27. The van der Waals surface area contributed by atoms with Crippen molar-refractivity contribution < 1.29 is 13.6 Å². The first kappa shape index (κ1) is 16.5. The van der Waals surface area contributed by atoms with Crippen molar-refractivity contribution >= 4 is 17.7 Å². The van der Waals surface area contributed by atoms with Crippen molar-refractivity contribution in [2.45, 2.75) is 38.0 Å². The first-order valence-electron chi connectivity index (χ1n) is 7.10. The minimum atomic E-state index is -0.323. The number of carbonyl (C=O) groups excluding carboxylic acids is 1. The Balaban J connectivity index is 1.87. The van der Waals surface area contributed by atoms with E-state index in [9.17, 15) is 9.18 Å². The number of nitrogens with zero attached hydrogens (tertiary/aromatic N) is 2. The molecule has 1 heterocycles. The van der Waals surface area contributed by atoms with E-state index in [1.165, 1.54) is 23.9 Å². The number of amides is 1. The Bertz CT molecular complexity index is 616. The van der Waals surface area contributed by atoms with E-state index in [1.807, 2.05) is 6.92 Å². The highest BCUT2D eigenvalue weighted by molar-refractivity contribution is 7.99. The van der Waals surface area contributed by atoms with Gasteiger partial charge in [-0.05, 0) is 37.6 Å². The Morgan fingerprint density at radius 1 is 1.36 bits per heavy atom. The van der Waals surface area contributed by atoms with Crippen molar-refractivity contribution in [2.75, 3.05) is 5.75 Å². The Labute approximate surface area is 132 Å². The van der Waals surface area contributed by atoms with Gasteiger partial charge in [-0.3, -0.25) is 4.79 Å². The lowest BCUT2D eigenvalue weighted by Gasteiger charge is -2.11. The van der Waals surface area contributed by atoms with E-state index in [-0.39, 0.29) is 23.5 Å². The third kappa shape index (κ3) is 4.84. The average Bonchev–Trinajstić information content (AvgIpc) is 2.95. The highest BCUT2D eigenvalue weighted by Crippen LogP contribution is 2.23. The van der Waals surface area contributed by atoms with Gasteiger partial charge in [-0.2, -0.15) is 0 Å². The molecule has 0 aliphatic carbocycles. The summed E-state index contributed by atoms with van der Waals surface area (Å²) in [6, 6.07) is 5.95. The number of nitrogens with one attached hydrogen (secondary N) is 1. The molecule has 7 heteroatoms. The van der Waals surface area contributed by atoms with Crippen LogP contribution in [0.15, 0.2) is 33.9 Å². The van der Waals surface area contributed by atoms with Crippen LogP contribution in [0.25, 0.3) is 11.5 Å². The van der Waals surface area contributed by atoms with E-state index in [1.54, 1.807) is 12.1 Å². The van der Waals surface area contributed by atoms with Crippen molar-refractivity contribution in [3.8, 4) is 11.5 Å². The molecule has 0 radical (unpaired) electrons. The van der Waals surface area contributed by atoms with Gasteiger partial charge >= 0.3 is 0 Å². The minimum Gasteiger partial charge on any atom is -0.411 e. The van der Waals surface area contributed by atoms with E-state index in [0.717, 1.165) is 12.8 Å². The van der Waals surface area contributed by atoms with Crippen LogP contribution in [0.5, 0.6) is 0 Å². The van der Waals surface area contributed by atoms with E-state index >= 15 is 0 Å². The smallest absolute Gasteiger partial charge is 0.277 e. The lowest BCUT2D eigenvalue weighted by Crippen LogP contribution is -2.33. The van der Waals surface area contributed by atoms with Gasteiger partial charge in [0.1, 0.15) is 5.82 Å². The number of carbonyl (C=O) groups is 1. The molecular formula is C15H18FN3O2S. The molecule has 1 aromatic carbocycles. The molecule has 1 atom stereocenters. The normalized spacial score (nSPS) is 12.1. The average molecular weight is 323 g/mol. The molecule has 2 aromatic rings. The van der Waals surface area contributed by atoms with Crippen LogP contribution in [0.4, 0.5) is 4.39 Å². The third-order valence-electron chi connectivity index (χ3n) is 2.95. The van der Waals surface area contributed by atoms with Crippen LogP contribution in [-0.2, 0) is 4.79 Å². The van der Waals surface area contributed by atoms with E-state index in [2.05, 4.69) is 22.4 Å². The number of hydrogen-bond acceptors (Lipinski definition) is 5. The standard InChI is InChI=1S/C15H18FN3O2S/c1-3-4-10(2)17-13(20)9-22-15-19-18-14(21-15)11-5-7-12(16)8-6-11/h5-8,10H,3-4,9H2,1-2H3,(H,17,20). The molecule has 5 nitrogen and oxygen atoms in total. The number of halogens is 1. The van der Waals surface area contributed by atoms with E-state index in [4.69, 9.17) is 4.42 Å². The van der Waals surface area contributed by atoms with Crippen molar-refractivity contribution in [1.82, 2.24) is 15.5 Å². The summed E-state index contributed by atoms with van der Waals surface area (Å²) >= 11 is 1.18. The Hall–Kier alpha value is -1.89. The summed E-state index contributed by atoms with van der Waals surface area (Å²) in [5.74, 6) is 0.143. The zero-order chi connectivity index (χ0) is 15.9. The lowest BCUT2D eigenvalue weighted by molar-refractivity contribution is -0.119. The van der Waals surface area contributed by atoms with Crippen LogP contribution in [0, 0.1) is 5.82 Å². The van der Waals surface area contributed by atoms with Crippen LogP contribution in [-0.4, -0.2) is 27.9 Å². The summed E-state index contributed by atoms with van der Waals surface area (Å²) in [7, 11) is 0. The van der Waals surface area contributed by atoms with Gasteiger partial charge in [0, 0.05) is 11.6 Å². The molecule has 0 bridgehead atoms. The molecule has 1 amide bonds. The summed E-state index contributed by atoms with van der Waals surface area (Å²) in [6.07, 6.45) is 1.98. The maximum Gasteiger partial charge on any atom is 0.277 e. The van der Waals surface area contributed by atoms with E-state index in [0.29, 0.717) is 16.7 Å². The number of hydrogen-bond donors (Lipinski definition) is 1. The van der Waals surface area contributed by atoms with E-state index < -0.39 is 0 Å². The van der Waals surface area contributed by atoms with Crippen LogP contribution in [0.2, 0.25) is 0 Å². The summed E-state index contributed by atoms with van der Waals surface area (Å²) in [4.78, 5) is 11.8. The van der Waals surface area contributed by atoms with Crippen molar-refractivity contribution in [1.29, 1.82) is 0 Å². The Morgan fingerprint density at radius 2 is 2.09 bits per heavy atom. The highest BCUT2D eigenvalue weighted by atomic mass is 32.2. The topological polar surface area (TPSA) is 68.0 Å². The number of rotatable bonds is 7. The quantitative estimate of drug-likeness (QED) is 0.792. The summed E-state index contributed by atoms with van der Waals surface area (Å²) < 4.78 is 18.3. The first-order chi connectivity index (χ1) is 10.6. The van der Waals surface area contributed by atoms with Gasteiger partial charge in [-0.25, -0.2) is 4.39 Å². The predicted molar refractivity (Wildman–Crippen MR) is 82.9 cm³/mol. The third-order valence-corrected chi connectivity index (χ3v) is 3.77. The van der Waals surface area contributed by atoms with Crippen molar-refractivity contribution in [3.63, 3.8) is 0 Å². The molecule has 0 saturated heterocycles. The van der Waals surface area contributed by atoms with Gasteiger partial charge in [0.15, 0.2) is 0 Å². The Kier molecular flexibility index (Phi) is 5.94. The largest absolute Gasteiger partial charge is 0.411 e. The van der Waals surface area contributed by atoms with Crippen LogP contribution in [0.3, 0.4) is 0 Å². The minimum absolute atomic E-state index is 0.0625. The molecule has 0 aliphatic heterocycles. The number of thioether (sulfide) groups is 1. The zero-order valence-electron chi connectivity index (χ0n) is 12.5. The fourth-order valence-electron chi connectivity index (χ4n) is 1.93. The zero-order valence-corrected chi connectivity index (χ0v) is 13.3. The molecule has 0 aliphatic rings. The second-order valence-corrected chi connectivity index (χ2v) is 5.85. The number of benzene rings is 1. The summed E-state index contributed by atoms with van der Waals surface area (Å²) in [5.41, 5.74) is 0.641. The van der Waals surface area contributed by atoms with Gasteiger partial charge in [-0.15, -0.1) is 10.2 Å². The summed E-state index contributed by atoms with van der Waals surface area (Å²) in [6.45, 7) is 4.05. The van der Waals surface area contributed by atoms with Crippen LogP contribution >= 0.6 is 11.8 Å². The molecule has 0 saturated carbocycles. The monoisotopic (exact) mass is 323 g/mol. The molecule has 1 N–H and O–H groups in total. The molecule has 1 unspecified atom stereocenters. The molecule has 2 rings (SSSR count). The molecule has 22 heavy (non-hydrogen) atoms. The van der Waals surface area contributed by atoms with Gasteiger partial charge < -0.3 is 9.73 Å². The summed E-state index contributed by atoms with van der Waals surface area (Å²) in [5, 5.41) is 11.0. The number of aromatic nitrogens is 2. The van der Waals surface area contributed by atoms with Gasteiger partial charge in [-0.1, -0.05) is 25.1 Å². The van der Waals surface area contributed by atoms with Crippen molar-refractivity contribution in [3.05, 3.63) is 30.1 Å². The highest BCUT2D eigenvalue weighted by Gasteiger charge is 2.12. The second-order valence-electron chi connectivity index (χ2n) is 4.93. The molecule has 1 aromatic heterocycles. The van der Waals surface area contributed by atoms with Gasteiger partial charge in [0.25, 0.3) is 5.22 Å². The fraction of sp³-hybridized carbons (Fsp3) is 0.400.